The monoisotopic (exact) mass is 342 g/mol. The van der Waals surface area contributed by atoms with Crippen LogP contribution in [0.3, 0.4) is 0 Å². The van der Waals surface area contributed by atoms with E-state index in [1.165, 1.54) is 5.56 Å². The van der Waals surface area contributed by atoms with Gasteiger partial charge in [0, 0.05) is 37.9 Å². The van der Waals surface area contributed by atoms with Gasteiger partial charge < -0.3 is 15.1 Å². The summed E-state index contributed by atoms with van der Waals surface area (Å²) in [5.74, 6) is 0.204. The predicted octanol–water partition coefficient (Wildman–Crippen LogP) is 1.59. The van der Waals surface area contributed by atoms with Gasteiger partial charge in [0.15, 0.2) is 0 Å². The summed E-state index contributed by atoms with van der Waals surface area (Å²) in [7, 11) is 0. The Labute approximate surface area is 148 Å². The Morgan fingerprint density at radius 2 is 1.84 bits per heavy atom. The van der Waals surface area contributed by atoms with Crippen molar-refractivity contribution < 1.29 is 9.59 Å². The van der Waals surface area contributed by atoms with Crippen molar-refractivity contribution in [3.63, 3.8) is 0 Å². The summed E-state index contributed by atoms with van der Waals surface area (Å²) in [6.07, 6.45) is 2.95. The highest BCUT2D eigenvalue weighted by molar-refractivity contribution is 5.99. The van der Waals surface area contributed by atoms with Gasteiger partial charge in [0.25, 0.3) is 0 Å². The van der Waals surface area contributed by atoms with E-state index >= 15 is 0 Å². The van der Waals surface area contributed by atoms with Crippen LogP contribution in [0.5, 0.6) is 0 Å². The quantitative estimate of drug-likeness (QED) is 0.908. The standard InChI is InChI=1S/C19H26N4O2/c1-14-4-6-15(7-5-14)22-11-8-17(18(22)24)21-10-2-3-16(13-21)23-12-9-20-19(23)25/h4-7,16-17H,2-3,8-13H2,1H3,(H,20,25)/t16-,17+/m0/s1. The Morgan fingerprint density at radius 1 is 1.04 bits per heavy atom. The maximum atomic E-state index is 13.0. The summed E-state index contributed by atoms with van der Waals surface area (Å²) in [5.41, 5.74) is 2.19. The third kappa shape index (κ3) is 3.11. The molecule has 0 aromatic heterocycles. The lowest BCUT2D eigenvalue weighted by Crippen LogP contribution is -2.53. The Balaban J connectivity index is 1.44. The average molecular weight is 342 g/mol. The molecule has 134 valence electrons. The lowest BCUT2D eigenvalue weighted by atomic mass is 10.0. The van der Waals surface area contributed by atoms with Crippen LogP contribution in [0.1, 0.15) is 24.8 Å². The number of anilines is 1. The first-order valence-corrected chi connectivity index (χ1v) is 9.30. The SMILES string of the molecule is Cc1ccc(N2CC[C@@H](N3CCC[C@H](N4CCNC4=O)C3)C2=O)cc1. The van der Waals surface area contributed by atoms with Gasteiger partial charge in [-0.05, 0) is 44.9 Å². The molecule has 2 atom stereocenters. The van der Waals surface area contributed by atoms with E-state index in [0.717, 1.165) is 57.7 Å². The number of likely N-dealkylation sites (tertiary alicyclic amines) is 1. The molecule has 25 heavy (non-hydrogen) atoms. The Hall–Kier alpha value is -2.08. The van der Waals surface area contributed by atoms with Crippen LogP contribution in [-0.2, 0) is 4.79 Å². The van der Waals surface area contributed by atoms with E-state index in [1.54, 1.807) is 0 Å². The minimum Gasteiger partial charge on any atom is -0.336 e. The molecule has 0 spiro atoms. The first kappa shape index (κ1) is 16.4. The average Bonchev–Trinajstić information content (AvgIpc) is 3.22. The van der Waals surface area contributed by atoms with E-state index in [0.29, 0.717) is 0 Å². The topological polar surface area (TPSA) is 55.9 Å². The number of aryl methyl sites for hydroxylation is 1. The smallest absolute Gasteiger partial charge is 0.317 e. The van der Waals surface area contributed by atoms with Crippen molar-refractivity contribution in [2.45, 2.75) is 38.3 Å². The molecule has 3 fully saturated rings. The van der Waals surface area contributed by atoms with Crippen molar-refractivity contribution >= 4 is 17.6 Å². The number of nitrogens with one attached hydrogen (secondary N) is 1. The van der Waals surface area contributed by atoms with Crippen LogP contribution >= 0.6 is 0 Å². The predicted molar refractivity (Wildman–Crippen MR) is 96.6 cm³/mol. The summed E-state index contributed by atoms with van der Waals surface area (Å²) < 4.78 is 0. The first-order chi connectivity index (χ1) is 12.1. The summed E-state index contributed by atoms with van der Waals surface area (Å²) in [6, 6.07) is 8.41. The van der Waals surface area contributed by atoms with Gasteiger partial charge in [-0.3, -0.25) is 9.69 Å². The Kier molecular flexibility index (Phi) is 4.37. The van der Waals surface area contributed by atoms with Gasteiger partial charge in [0.1, 0.15) is 0 Å². The molecule has 1 aromatic rings. The van der Waals surface area contributed by atoms with E-state index in [1.807, 2.05) is 21.9 Å². The molecule has 3 saturated heterocycles. The van der Waals surface area contributed by atoms with Crippen LogP contribution in [0.15, 0.2) is 24.3 Å². The molecule has 0 bridgehead atoms. The lowest BCUT2D eigenvalue weighted by molar-refractivity contribution is -0.122. The minimum atomic E-state index is -0.0465. The number of carbonyl (C=O) groups is 2. The van der Waals surface area contributed by atoms with E-state index in [9.17, 15) is 9.59 Å². The van der Waals surface area contributed by atoms with Crippen molar-refractivity contribution in [2.24, 2.45) is 0 Å². The van der Waals surface area contributed by atoms with E-state index in [2.05, 4.69) is 29.3 Å². The molecule has 3 amide bonds. The van der Waals surface area contributed by atoms with E-state index < -0.39 is 0 Å². The molecule has 0 radical (unpaired) electrons. The number of carbonyl (C=O) groups excluding carboxylic acids is 2. The Bertz CT molecular complexity index is 660. The number of hydrogen-bond donors (Lipinski definition) is 1. The Morgan fingerprint density at radius 3 is 2.56 bits per heavy atom. The molecule has 3 aliphatic rings. The number of hydrogen-bond acceptors (Lipinski definition) is 3. The summed E-state index contributed by atoms with van der Waals surface area (Å²) >= 11 is 0. The second kappa shape index (κ2) is 6.67. The summed E-state index contributed by atoms with van der Waals surface area (Å²) in [4.78, 5) is 31.1. The van der Waals surface area contributed by atoms with Gasteiger partial charge in [0.05, 0.1) is 6.04 Å². The second-order valence-corrected chi connectivity index (χ2v) is 7.35. The molecule has 3 heterocycles. The van der Waals surface area contributed by atoms with E-state index in [-0.39, 0.29) is 24.0 Å². The van der Waals surface area contributed by atoms with Crippen LogP contribution in [0.2, 0.25) is 0 Å². The molecule has 6 heteroatoms. The number of piperidine rings is 1. The highest BCUT2D eigenvalue weighted by Crippen LogP contribution is 2.28. The molecule has 0 unspecified atom stereocenters. The van der Waals surface area contributed by atoms with Crippen molar-refractivity contribution in [2.75, 3.05) is 37.6 Å². The maximum absolute atomic E-state index is 13.0. The van der Waals surface area contributed by atoms with Crippen LogP contribution < -0.4 is 10.2 Å². The molecular formula is C19H26N4O2. The van der Waals surface area contributed by atoms with Gasteiger partial charge in [-0.15, -0.1) is 0 Å². The van der Waals surface area contributed by atoms with Crippen LogP contribution in [0.4, 0.5) is 10.5 Å². The molecule has 3 aliphatic heterocycles. The van der Waals surface area contributed by atoms with Crippen LogP contribution in [-0.4, -0.2) is 66.5 Å². The maximum Gasteiger partial charge on any atom is 0.317 e. The van der Waals surface area contributed by atoms with Crippen LogP contribution in [0.25, 0.3) is 0 Å². The molecule has 6 nitrogen and oxygen atoms in total. The molecule has 0 saturated carbocycles. The van der Waals surface area contributed by atoms with Crippen LogP contribution in [0, 0.1) is 6.92 Å². The number of nitrogens with zero attached hydrogens (tertiary/aromatic N) is 3. The van der Waals surface area contributed by atoms with Gasteiger partial charge in [-0.1, -0.05) is 17.7 Å². The zero-order valence-corrected chi connectivity index (χ0v) is 14.8. The number of urea groups is 1. The zero-order valence-electron chi connectivity index (χ0n) is 14.8. The third-order valence-electron chi connectivity index (χ3n) is 5.72. The fourth-order valence-corrected chi connectivity index (χ4v) is 4.34. The molecule has 1 aromatic carbocycles. The summed E-state index contributed by atoms with van der Waals surface area (Å²) in [5, 5.41) is 2.89. The second-order valence-electron chi connectivity index (χ2n) is 7.35. The highest BCUT2D eigenvalue weighted by Gasteiger charge is 2.40. The third-order valence-corrected chi connectivity index (χ3v) is 5.72. The van der Waals surface area contributed by atoms with Crippen molar-refractivity contribution in [3.8, 4) is 0 Å². The molecular weight excluding hydrogens is 316 g/mol. The number of amides is 3. The largest absolute Gasteiger partial charge is 0.336 e. The zero-order chi connectivity index (χ0) is 17.4. The molecule has 0 aliphatic carbocycles. The highest BCUT2D eigenvalue weighted by atomic mass is 16.2. The van der Waals surface area contributed by atoms with E-state index in [4.69, 9.17) is 0 Å². The number of benzene rings is 1. The molecule has 4 rings (SSSR count). The van der Waals surface area contributed by atoms with Gasteiger partial charge in [-0.25, -0.2) is 4.79 Å². The lowest BCUT2D eigenvalue weighted by Gasteiger charge is -2.39. The fraction of sp³-hybridized carbons (Fsp3) is 0.579. The van der Waals surface area contributed by atoms with Gasteiger partial charge in [-0.2, -0.15) is 0 Å². The van der Waals surface area contributed by atoms with Crippen molar-refractivity contribution in [3.05, 3.63) is 29.8 Å². The fourth-order valence-electron chi connectivity index (χ4n) is 4.34. The van der Waals surface area contributed by atoms with Crippen molar-refractivity contribution in [1.29, 1.82) is 0 Å². The minimum absolute atomic E-state index is 0.0465. The molecule has 1 N–H and O–H groups in total. The van der Waals surface area contributed by atoms with Gasteiger partial charge in [0.2, 0.25) is 5.91 Å². The number of rotatable bonds is 3. The summed E-state index contributed by atoms with van der Waals surface area (Å²) in [6.45, 7) is 6.11. The van der Waals surface area contributed by atoms with Gasteiger partial charge >= 0.3 is 6.03 Å². The first-order valence-electron chi connectivity index (χ1n) is 9.30. The van der Waals surface area contributed by atoms with Crippen molar-refractivity contribution in [1.82, 2.24) is 15.1 Å². The normalized spacial score (nSPS) is 27.9.